The lowest BCUT2D eigenvalue weighted by Gasteiger charge is -2.16. The zero-order valence-electron chi connectivity index (χ0n) is 16.8. The third-order valence-electron chi connectivity index (χ3n) is 5.15. The molecule has 0 saturated heterocycles. The quantitative estimate of drug-likeness (QED) is 0.617. The van der Waals surface area contributed by atoms with Crippen LogP contribution in [0.4, 0.5) is 11.4 Å². The van der Waals surface area contributed by atoms with Crippen molar-refractivity contribution in [1.82, 2.24) is 4.98 Å². The van der Waals surface area contributed by atoms with Gasteiger partial charge in [-0.3, -0.25) is 9.78 Å². The Morgan fingerprint density at radius 1 is 1.00 bits per heavy atom. The number of aryl methyl sites for hydroxylation is 1. The predicted octanol–water partition coefficient (Wildman–Crippen LogP) is 4.43. The van der Waals surface area contributed by atoms with E-state index in [4.69, 9.17) is 5.73 Å². The van der Waals surface area contributed by atoms with Crippen LogP contribution in [0.5, 0.6) is 0 Å². The molecule has 1 aromatic heterocycles. The minimum atomic E-state index is -0.229. The topological polar surface area (TPSA) is 80.0 Å². The third-order valence-corrected chi connectivity index (χ3v) is 5.15. The van der Waals surface area contributed by atoms with E-state index in [1.54, 1.807) is 12.3 Å². The van der Waals surface area contributed by atoms with Crippen LogP contribution in [0.15, 0.2) is 48.7 Å². The molecule has 0 atom stereocenters. The minimum absolute atomic E-state index is 0.229. The second-order valence-corrected chi connectivity index (χ2v) is 6.86. The molecule has 28 heavy (non-hydrogen) atoms. The second kappa shape index (κ2) is 8.23. The molecular formula is C23H26N4O. The van der Waals surface area contributed by atoms with E-state index < -0.39 is 0 Å². The molecule has 0 aliphatic carbocycles. The largest absolute Gasteiger partial charge is 0.388 e. The fourth-order valence-electron chi connectivity index (χ4n) is 3.37. The van der Waals surface area contributed by atoms with Crippen LogP contribution in [0.1, 0.15) is 32.7 Å². The van der Waals surface area contributed by atoms with Crippen molar-refractivity contribution in [2.24, 2.45) is 5.73 Å². The lowest BCUT2D eigenvalue weighted by Crippen LogP contribution is -2.15. The smallest absolute Gasteiger partial charge is 0.274 e. The molecule has 0 fully saturated rings. The standard InChI is InChI=1S/C23H26N4O/c1-14-11-22(26-13-17(14)12-24)23(28)27-21-10-6-8-19(16(21)3)18-7-5-9-20(25-4)15(18)2/h5-11,13,25H,12,24H2,1-4H3,(H,27,28). The number of anilines is 2. The van der Waals surface area contributed by atoms with Crippen LogP contribution < -0.4 is 16.4 Å². The number of pyridine rings is 1. The Kier molecular flexibility index (Phi) is 5.76. The molecule has 4 N–H and O–H groups in total. The van der Waals surface area contributed by atoms with Crippen molar-refractivity contribution in [3.05, 3.63) is 76.6 Å². The molecule has 5 nitrogen and oxygen atoms in total. The number of carbonyl (C=O) groups excluding carboxylic acids is 1. The molecule has 3 rings (SSSR count). The molecule has 0 aliphatic rings. The second-order valence-electron chi connectivity index (χ2n) is 6.86. The normalized spacial score (nSPS) is 10.6. The number of nitrogens with one attached hydrogen (secondary N) is 2. The number of rotatable bonds is 5. The van der Waals surface area contributed by atoms with E-state index >= 15 is 0 Å². The molecule has 1 amide bonds. The van der Waals surface area contributed by atoms with E-state index in [1.807, 2.05) is 39.1 Å². The molecule has 0 unspecified atom stereocenters. The molecule has 0 saturated carbocycles. The maximum atomic E-state index is 12.7. The summed E-state index contributed by atoms with van der Waals surface area (Å²) in [4.78, 5) is 17.0. The van der Waals surface area contributed by atoms with Crippen LogP contribution in [-0.4, -0.2) is 17.9 Å². The Labute approximate surface area is 166 Å². The van der Waals surface area contributed by atoms with Crippen molar-refractivity contribution >= 4 is 17.3 Å². The first-order valence-electron chi connectivity index (χ1n) is 9.30. The van der Waals surface area contributed by atoms with Crippen LogP contribution in [0, 0.1) is 20.8 Å². The molecule has 0 aliphatic heterocycles. The molecule has 3 aromatic rings. The predicted molar refractivity (Wildman–Crippen MR) is 116 cm³/mol. The summed E-state index contributed by atoms with van der Waals surface area (Å²) in [6.45, 7) is 6.46. The summed E-state index contributed by atoms with van der Waals surface area (Å²) >= 11 is 0. The highest BCUT2D eigenvalue weighted by Gasteiger charge is 2.14. The maximum absolute atomic E-state index is 12.7. The highest BCUT2D eigenvalue weighted by Crippen LogP contribution is 2.33. The SMILES string of the molecule is CNc1cccc(-c2cccc(NC(=O)c3cc(C)c(CN)cn3)c2C)c1C. The Morgan fingerprint density at radius 2 is 1.61 bits per heavy atom. The van der Waals surface area contributed by atoms with Crippen molar-refractivity contribution in [1.29, 1.82) is 0 Å². The Balaban J connectivity index is 1.94. The van der Waals surface area contributed by atoms with Gasteiger partial charge in [0.1, 0.15) is 5.69 Å². The summed E-state index contributed by atoms with van der Waals surface area (Å²) in [5.41, 5.74) is 14.3. The number of benzene rings is 2. The van der Waals surface area contributed by atoms with Gasteiger partial charge in [-0.15, -0.1) is 0 Å². The van der Waals surface area contributed by atoms with Gasteiger partial charge in [0.05, 0.1) is 0 Å². The van der Waals surface area contributed by atoms with Gasteiger partial charge in [0, 0.05) is 31.2 Å². The number of nitrogens with zero attached hydrogens (tertiary/aromatic N) is 1. The molecule has 5 heteroatoms. The number of nitrogens with two attached hydrogens (primary N) is 1. The van der Waals surface area contributed by atoms with E-state index in [0.717, 1.165) is 39.2 Å². The zero-order valence-corrected chi connectivity index (χ0v) is 16.8. The lowest BCUT2D eigenvalue weighted by atomic mass is 9.94. The Morgan fingerprint density at radius 3 is 2.18 bits per heavy atom. The average molecular weight is 374 g/mol. The van der Waals surface area contributed by atoms with Crippen LogP contribution in [0.2, 0.25) is 0 Å². The number of hydrogen-bond acceptors (Lipinski definition) is 4. The fourth-order valence-corrected chi connectivity index (χ4v) is 3.37. The number of amides is 1. The van der Waals surface area contributed by atoms with Gasteiger partial charge in [-0.05, 0) is 72.4 Å². The molecular weight excluding hydrogens is 348 g/mol. The molecule has 0 bridgehead atoms. The Hall–Kier alpha value is -3.18. The van der Waals surface area contributed by atoms with Gasteiger partial charge in [0.2, 0.25) is 0 Å². The number of carbonyl (C=O) groups is 1. The number of hydrogen-bond donors (Lipinski definition) is 3. The monoisotopic (exact) mass is 374 g/mol. The summed E-state index contributed by atoms with van der Waals surface area (Å²) < 4.78 is 0. The molecule has 1 heterocycles. The van der Waals surface area contributed by atoms with Crippen LogP contribution in [-0.2, 0) is 6.54 Å². The number of aromatic nitrogens is 1. The first kappa shape index (κ1) is 19.6. The molecule has 144 valence electrons. The molecule has 0 radical (unpaired) electrons. The first-order chi connectivity index (χ1) is 13.5. The Bertz CT molecular complexity index is 1030. The zero-order chi connectivity index (χ0) is 20.3. The van der Waals surface area contributed by atoms with Gasteiger partial charge in [-0.2, -0.15) is 0 Å². The van der Waals surface area contributed by atoms with Crippen molar-refractivity contribution in [2.45, 2.75) is 27.3 Å². The summed E-state index contributed by atoms with van der Waals surface area (Å²) in [6.07, 6.45) is 1.67. The van der Waals surface area contributed by atoms with Gasteiger partial charge in [0.15, 0.2) is 0 Å². The maximum Gasteiger partial charge on any atom is 0.274 e. The summed E-state index contributed by atoms with van der Waals surface area (Å²) in [7, 11) is 1.92. The van der Waals surface area contributed by atoms with Crippen molar-refractivity contribution in [3.8, 4) is 11.1 Å². The van der Waals surface area contributed by atoms with E-state index in [2.05, 4.69) is 40.7 Å². The minimum Gasteiger partial charge on any atom is -0.388 e. The highest BCUT2D eigenvalue weighted by molar-refractivity contribution is 6.04. The average Bonchev–Trinajstić information content (AvgIpc) is 2.70. The summed E-state index contributed by atoms with van der Waals surface area (Å²) in [6, 6.07) is 13.9. The van der Waals surface area contributed by atoms with Crippen LogP contribution in [0.25, 0.3) is 11.1 Å². The van der Waals surface area contributed by atoms with E-state index in [1.165, 1.54) is 5.56 Å². The van der Waals surface area contributed by atoms with E-state index in [0.29, 0.717) is 12.2 Å². The molecule has 2 aromatic carbocycles. The van der Waals surface area contributed by atoms with Gasteiger partial charge in [-0.1, -0.05) is 24.3 Å². The van der Waals surface area contributed by atoms with Crippen LogP contribution in [0.3, 0.4) is 0 Å². The van der Waals surface area contributed by atoms with Gasteiger partial charge < -0.3 is 16.4 Å². The summed E-state index contributed by atoms with van der Waals surface area (Å²) in [5.74, 6) is -0.229. The third kappa shape index (κ3) is 3.75. The lowest BCUT2D eigenvalue weighted by molar-refractivity contribution is 0.102. The highest BCUT2D eigenvalue weighted by atomic mass is 16.1. The van der Waals surface area contributed by atoms with Crippen LogP contribution >= 0.6 is 0 Å². The van der Waals surface area contributed by atoms with Gasteiger partial charge in [-0.25, -0.2) is 0 Å². The van der Waals surface area contributed by atoms with Crippen molar-refractivity contribution in [2.75, 3.05) is 17.7 Å². The first-order valence-corrected chi connectivity index (χ1v) is 9.30. The van der Waals surface area contributed by atoms with Gasteiger partial charge >= 0.3 is 0 Å². The van der Waals surface area contributed by atoms with Crippen molar-refractivity contribution < 1.29 is 4.79 Å². The van der Waals surface area contributed by atoms with Gasteiger partial charge in [0.25, 0.3) is 5.91 Å². The fraction of sp³-hybridized carbons (Fsp3) is 0.217. The molecule has 0 spiro atoms. The summed E-state index contributed by atoms with van der Waals surface area (Å²) in [5, 5.41) is 6.22. The van der Waals surface area contributed by atoms with E-state index in [9.17, 15) is 4.79 Å². The van der Waals surface area contributed by atoms with Crippen molar-refractivity contribution in [3.63, 3.8) is 0 Å². The van der Waals surface area contributed by atoms with E-state index in [-0.39, 0.29) is 5.91 Å².